The van der Waals surface area contributed by atoms with Crippen molar-refractivity contribution in [2.75, 3.05) is 19.0 Å². The first-order chi connectivity index (χ1) is 10.5. The van der Waals surface area contributed by atoms with Crippen LogP contribution in [0.3, 0.4) is 0 Å². The topological polar surface area (TPSA) is 94.0 Å². The van der Waals surface area contributed by atoms with E-state index in [4.69, 9.17) is 5.21 Å². The second kappa shape index (κ2) is 9.51. The van der Waals surface area contributed by atoms with E-state index in [1.807, 2.05) is 43.3 Å². The fourth-order valence-electron chi connectivity index (χ4n) is 1.72. The third-order valence-electron chi connectivity index (χ3n) is 2.99. The molecule has 0 aliphatic carbocycles. The number of anilines is 1. The summed E-state index contributed by atoms with van der Waals surface area (Å²) in [6.45, 7) is 0. The van der Waals surface area contributed by atoms with Gasteiger partial charge in [0.2, 0.25) is 11.8 Å². The molecule has 0 atom stereocenters. The number of hydrazone groups is 1. The number of benzene rings is 1. The number of carbonyl (C=O) groups excluding carboxylic acids is 2. The lowest BCUT2D eigenvalue weighted by Crippen LogP contribution is -2.19. The van der Waals surface area contributed by atoms with Gasteiger partial charge in [-0.15, -0.1) is 0 Å². The van der Waals surface area contributed by atoms with Crippen LogP contribution < -0.4 is 15.8 Å². The third-order valence-corrected chi connectivity index (χ3v) is 2.99. The largest absolute Gasteiger partial charge is 0.378 e. The van der Waals surface area contributed by atoms with Gasteiger partial charge in [0, 0.05) is 32.6 Å². The van der Waals surface area contributed by atoms with Crippen LogP contribution in [0.1, 0.15) is 31.2 Å². The number of unbranched alkanes of at least 4 members (excludes halogenated alkanes) is 1. The Hall–Kier alpha value is -2.41. The maximum atomic E-state index is 11.5. The number of hydrogen-bond donors (Lipinski definition) is 3. The summed E-state index contributed by atoms with van der Waals surface area (Å²) in [5, 5.41) is 12.2. The summed E-state index contributed by atoms with van der Waals surface area (Å²) in [5.74, 6) is -0.648. The van der Waals surface area contributed by atoms with Gasteiger partial charge in [-0.1, -0.05) is 12.1 Å². The average Bonchev–Trinajstić information content (AvgIpc) is 2.51. The number of nitrogens with zero attached hydrogens (tertiary/aromatic N) is 2. The molecule has 0 saturated carbocycles. The van der Waals surface area contributed by atoms with Crippen LogP contribution in [0.15, 0.2) is 29.4 Å². The lowest BCUT2D eigenvalue weighted by molar-refractivity contribution is -0.129. The molecule has 1 rings (SSSR count). The Morgan fingerprint density at radius 3 is 2.27 bits per heavy atom. The summed E-state index contributed by atoms with van der Waals surface area (Å²) in [6, 6.07) is 7.77. The Morgan fingerprint density at radius 2 is 1.73 bits per heavy atom. The van der Waals surface area contributed by atoms with E-state index in [0.717, 1.165) is 11.3 Å². The minimum absolute atomic E-state index is 0.200. The van der Waals surface area contributed by atoms with E-state index in [0.29, 0.717) is 12.8 Å². The van der Waals surface area contributed by atoms with Crippen LogP contribution in [0.25, 0.3) is 0 Å². The fourth-order valence-corrected chi connectivity index (χ4v) is 1.72. The summed E-state index contributed by atoms with van der Waals surface area (Å²) >= 11 is 0. The minimum Gasteiger partial charge on any atom is -0.378 e. The normalized spacial score (nSPS) is 10.5. The SMILES string of the molecule is CN(C)c1ccc(/C=N/NC(=O)CCCCC(=O)NO)cc1. The standard InChI is InChI=1S/C15H22N4O3/c1-19(2)13-9-7-12(8-10-13)11-16-17-14(20)5-3-4-6-15(21)18-22/h7-11,22H,3-6H2,1-2H3,(H,17,20)(H,18,21)/b16-11+. The molecule has 0 spiro atoms. The first-order valence-electron chi connectivity index (χ1n) is 7.05. The second-order valence-corrected chi connectivity index (χ2v) is 5.02. The molecule has 7 nitrogen and oxygen atoms in total. The molecule has 0 unspecified atom stereocenters. The van der Waals surface area contributed by atoms with Gasteiger partial charge in [0.15, 0.2) is 0 Å². The van der Waals surface area contributed by atoms with Gasteiger partial charge in [0.25, 0.3) is 0 Å². The molecule has 1 aromatic carbocycles. The zero-order valence-corrected chi connectivity index (χ0v) is 12.9. The second-order valence-electron chi connectivity index (χ2n) is 5.02. The van der Waals surface area contributed by atoms with Gasteiger partial charge in [-0.3, -0.25) is 14.8 Å². The number of carbonyl (C=O) groups is 2. The van der Waals surface area contributed by atoms with Crippen molar-refractivity contribution in [2.24, 2.45) is 5.10 Å². The first kappa shape index (κ1) is 17.6. The maximum Gasteiger partial charge on any atom is 0.243 e. The number of hydrogen-bond acceptors (Lipinski definition) is 5. The van der Waals surface area contributed by atoms with Crippen LogP contribution in [0.2, 0.25) is 0 Å². The number of nitrogens with one attached hydrogen (secondary N) is 2. The molecular weight excluding hydrogens is 284 g/mol. The highest BCUT2D eigenvalue weighted by atomic mass is 16.5. The van der Waals surface area contributed by atoms with E-state index in [-0.39, 0.29) is 18.7 Å². The number of rotatable bonds is 8. The summed E-state index contributed by atoms with van der Waals surface area (Å²) in [4.78, 5) is 24.3. The zero-order chi connectivity index (χ0) is 16.4. The molecule has 0 heterocycles. The van der Waals surface area contributed by atoms with Crippen LogP contribution in [0.5, 0.6) is 0 Å². The maximum absolute atomic E-state index is 11.5. The van der Waals surface area contributed by atoms with Crippen molar-refractivity contribution in [3.05, 3.63) is 29.8 Å². The molecule has 0 aliphatic rings. The molecule has 120 valence electrons. The molecule has 2 amide bonds. The summed E-state index contributed by atoms with van der Waals surface area (Å²) in [5.41, 5.74) is 5.98. The van der Waals surface area contributed by atoms with Crippen LogP contribution in [0.4, 0.5) is 5.69 Å². The molecular formula is C15H22N4O3. The molecule has 0 aliphatic heterocycles. The van der Waals surface area contributed by atoms with E-state index in [9.17, 15) is 9.59 Å². The predicted octanol–water partition coefficient (Wildman–Crippen LogP) is 1.27. The molecule has 0 radical (unpaired) electrons. The quantitative estimate of drug-likeness (QED) is 0.292. The van der Waals surface area contributed by atoms with Gasteiger partial charge in [0.05, 0.1) is 6.21 Å². The van der Waals surface area contributed by atoms with E-state index in [1.54, 1.807) is 11.7 Å². The van der Waals surface area contributed by atoms with Crippen molar-refractivity contribution < 1.29 is 14.8 Å². The average molecular weight is 306 g/mol. The predicted molar refractivity (Wildman–Crippen MR) is 84.9 cm³/mol. The molecule has 22 heavy (non-hydrogen) atoms. The fraction of sp³-hybridized carbons (Fsp3) is 0.400. The summed E-state index contributed by atoms with van der Waals surface area (Å²) < 4.78 is 0. The van der Waals surface area contributed by atoms with Gasteiger partial charge in [-0.05, 0) is 30.5 Å². The number of amides is 2. The van der Waals surface area contributed by atoms with Crippen molar-refractivity contribution in [2.45, 2.75) is 25.7 Å². The van der Waals surface area contributed by atoms with E-state index < -0.39 is 5.91 Å². The van der Waals surface area contributed by atoms with E-state index in [1.165, 1.54) is 0 Å². The van der Waals surface area contributed by atoms with Crippen LogP contribution in [0, 0.1) is 0 Å². The lowest BCUT2D eigenvalue weighted by Gasteiger charge is -2.11. The van der Waals surface area contributed by atoms with Crippen molar-refractivity contribution in [1.82, 2.24) is 10.9 Å². The molecule has 3 N–H and O–H groups in total. The van der Waals surface area contributed by atoms with Crippen molar-refractivity contribution in [3.8, 4) is 0 Å². The molecule has 7 heteroatoms. The molecule has 1 aromatic rings. The monoisotopic (exact) mass is 306 g/mol. The molecule has 0 bridgehead atoms. The van der Waals surface area contributed by atoms with Crippen LogP contribution in [-0.2, 0) is 9.59 Å². The highest BCUT2D eigenvalue weighted by Gasteiger charge is 2.02. The highest BCUT2D eigenvalue weighted by Crippen LogP contribution is 2.10. The van der Waals surface area contributed by atoms with Gasteiger partial charge in [-0.25, -0.2) is 10.9 Å². The third kappa shape index (κ3) is 6.85. The van der Waals surface area contributed by atoms with Crippen molar-refractivity contribution in [3.63, 3.8) is 0 Å². The van der Waals surface area contributed by atoms with Crippen LogP contribution in [-0.4, -0.2) is 37.3 Å². The summed E-state index contributed by atoms with van der Waals surface area (Å²) in [6.07, 6.45) is 3.17. The van der Waals surface area contributed by atoms with Crippen molar-refractivity contribution >= 4 is 23.7 Å². The minimum atomic E-state index is -0.445. The Kier molecular flexibility index (Phi) is 7.63. The van der Waals surface area contributed by atoms with E-state index >= 15 is 0 Å². The molecule has 0 fully saturated rings. The van der Waals surface area contributed by atoms with Gasteiger partial charge >= 0.3 is 0 Å². The smallest absolute Gasteiger partial charge is 0.243 e. The Morgan fingerprint density at radius 1 is 1.14 bits per heavy atom. The highest BCUT2D eigenvalue weighted by molar-refractivity contribution is 5.82. The van der Waals surface area contributed by atoms with E-state index in [2.05, 4.69) is 10.5 Å². The van der Waals surface area contributed by atoms with Gasteiger partial charge < -0.3 is 4.90 Å². The molecule has 0 aromatic heterocycles. The lowest BCUT2D eigenvalue weighted by atomic mass is 10.2. The Balaban J connectivity index is 2.26. The Labute approximate surface area is 130 Å². The van der Waals surface area contributed by atoms with Gasteiger partial charge in [-0.2, -0.15) is 5.10 Å². The van der Waals surface area contributed by atoms with Gasteiger partial charge in [0.1, 0.15) is 0 Å². The summed E-state index contributed by atoms with van der Waals surface area (Å²) in [7, 11) is 3.93. The van der Waals surface area contributed by atoms with Crippen LogP contribution >= 0.6 is 0 Å². The molecule has 0 saturated heterocycles. The first-order valence-corrected chi connectivity index (χ1v) is 7.05. The van der Waals surface area contributed by atoms with Crippen molar-refractivity contribution in [1.29, 1.82) is 0 Å². The number of hydroxylamine groups is 1. The Bertz CT molecular complexity index is 512. The zero-order valence-electron chi connectivity index (χ0n) is 12.9.